The highest BCUT2D eigenvalue weighted by Gasteiger charge is 2.10. The van der Waals surface area contributed by atoms with E-state index in [1.165, 1.54) is 133 Å². The number of hydrogen-bond acceptors (Lipinski definition) is 4. The molecule has 0 bridgehead atoms. The fraction of sp³-hybridized carbons (Fsp3) is 0.700. The molecule has 0 atom stereocenters. The van der Waals surface area contributed by atoms with Gasteiger partial charge >= 0.3 is 5.97 Å². The Bertz CT molecular complexity index is 799. The average molecular weight is 523 g/mol. The first-order chi connectivity index (χ1) is 17.4. The van der Waals surface area contributed by atoms with Crippen LogP contribution in [0.25, 0.3) is 0 Å². The van der Waals surface area contributed by atoms with E-state index in [0.29, 0.717) is 0 Å². The van der Waals surface area contributed by atoms with Crippen LogP contribution in [0.1, 0.15) is 135 Å². The number of carbonyl (C=O) groups is 1. The van der Waals surface area contributed by atoms with Crippen LogP contribution >= 0.6 is 0 Å². The van der Waals surface area contributed by atoms with Gasteiger partial charge in [0.1, 0.15) is 5.75 Å². The second kappa shape index (κ2) is 21.4. The van der Waals surface area contributed by atoms with Crippen molar-refractivity contribution in [1.82, 2.24) is 0 Å². The third-order valence-corrected chi connectivity index (χ3v) is 7.40. The molecule has 0 unspecified atom stereocenters. The quantitative estimate of drug-likeness (QED) is 0.0509. The van der Waals surface area contributed by atoms with Crippen molar-refractivity contribution in [2.45, 2.75) is 140 Å². The van der Waals surface area contributed by atoms with Gasteiger partial charge in [-0.3, -0.25) is 9.35 Å². The third-order valence-electron chi connectivity index (χ3n) is 6.53. The van der Waals surface area contributed by atoms with Gasteiger partial charge in [-0.15, -0.1) is 0 Å². The predicted molar refractivity (Wildman–Crippen MR) is 149 cm³/mol. The standard InChI is InChI=1S/C30H50O5S/c1-2-3-4-5-6-7-8-9-10-11-12-13-14-15-16-17-18-19-20-21-22-23-30(31)35-28-24-26-29(27-25-28)36(32,33)34/h21-22,24-27H,2-20,23H2,1H3,(H,32,33,34). The van der Waals surface area contributed by atoms with E-state index >= 15 is 0 Å². The molecule has 1 N–H and O–H groups in total. The van der Waals surface area contributed by atoms with Crippen LogP contribution in [0.15, 0.2) is 41.3 Å². The van der Waals surface area contributed by atoms with E-state index < -0.39 is 16.1 Å². The summed E-state index contributed by atoms with van der Waals surface area (Å²) in [7, 11) is -4.24. The summed E-state index contributed by atoms with van der Waals surface area (Å²) in [5, 5.41) is 0. The van der Waals surface area contributed by atoms with Crippen LogP contribution in [-0.4, -0.2) is 18.9 Å². The van der Waals surface area contributed by atoms with E-state index in [2.05, 4.69) is 6.92 Å². The van der Waals surface area contributed by atoms with E-state index in [4.69, 9.17) is 9.29 Å². The van der Waals surface area contributed by atoms with Crippen molar-refractivity contribution < 1.29 is 22.5 Å². The van der Waals surface area contributed by atoms with E-state index in [-0.39, 0.29) is 17.1 Å². The monoisotopic (exact) mass is 522 g/mol. The van der Waals surface area contributed by atoms with Crippen molar-refractivity contribution in [2.24, 2.45) is 0 Å². The average Bonchev–Trinajstić information content (AvgIpc) is 2.84. The van der Waals surface area contributed by atoms with Gasteiger partial charge in [-0.1, -0.05) is 128 Å². The first-order valence-electron chi connectivity index (χ1n) is 14.4. The molecule has 0 radical (unpaired) electrons. The number of ether oxygens (including phenoxy) is 1. The molecule has 1 aromatic rings. The second-order valence-electron chi connectivity index (χ2n) is 9.90. The van der Waals surface area contributed by atoms with Crippen LogP contribution in [0.2, 0.25) is 0 Å². The maximum atomic E-state index is 11.9. The van der Waals surface area contributed by atoms with Gasteiger partial charge in [0.25, 0.3) is 10.1 Å². The summed E-state index contributed by atoms with van der Waals surface area (Å²) in [5.74, 6) is -0.145. The summed E-state index contributed by atoms with van der Waals surface area (Å²) in [4.78, 5) is 11.6. The molecule has 0 saturated carbocycles. The van der Waals surface area contributed by atoms with Crippen LogP contribution in [0, 0.1) is 0 Å². The predicted octanol–water partition coefficient (Wildman–Crippen LogP) is 9.22. The van der Waals surface area contributed by atoms with Crippen LogP contribution in [0.5, 0.6) is 5.75 Å². The van der Waals surface area contributed by atoms with Gasteiger partial charge in [0.05, 0.1) is 11.3 Å². The molecule has 0 aliphatic carbocycles. The normalized spacial score (nSPS) is 11.8. The van der Waals surface area contributed by atoms with Crippen LogP contribution in [0.4, 0.5) is 0 Å². The Balaban J connectivity index is 1.86. The molecule has 0 spiro atoms. The molecule has 0 fully saturated rings. The second-order valence-corrected chi connectivity index (χ2v) is 11.3. The SMILES string of the molecule is CCCCCCCCCCCCCCCCCCCCC=CCC(=O)Oc1ccc(S(=O)(=O)O)cc1. The van der Waals surface area contributed by atoms with Gasteiger partial charge < -0.3 is 4.74 Å². The van der Waals surface area contributed by atoms with Gasteiger partial charge in [-0.2, -0.15) is 8.42 Å². The van der Waals surface area contributed by atoms with Crippen molar-refractivity contribution in [2.75, 3.05) is 0 Å². The first-order valence-corrected chi connectivity index (χ1v) is 15.8. The van der Waals surface area contributed by atoms with Gasteiger partial charge in [0, 0.05) is 0 Å². The molecule has 1 aromatic carbocycles. The van der Waals surface area contributed by atoms with Gasteiger partial charge in [-0.25, -0.2) is 0 Å². The highest BCUT2D eigenvalue weighted by Crippen LogP contribution is 2.17. The molecular weight excluding hydrogens is 472 g/mol. The smallest absolute Gasteiger partial charge is 0.315 e. The van der Waals surface area contributed by atoms with E-state index in [9.17, 15) is 13.2 Å². The molecule has 0 aliphatic heterocycles. The molecule has 0 saturated heterocycles. The highest BCUT2D eigenvalue weighted by atomic mass is 32.2. The topological polar surface area (TPSA) is 80.7 Å². The number of hydrogen-bond donors (Lipinski definition) is 1. The largest absolute Gasteiger partial charge is 0.426 e. The van der Waals surface area contributed by atoms with Crippen molar-refractivity contribution >= 4 is 16.1 Å². The first kappa shape index (κ1) is 32.4. The lowest BCUT2D eigenvalue weighted by Crippen LogP contribution is -2.06. The summed E-state index contributed by atoms with van der Waals surface area (Å²) in [6, 6.07) is 5.10. The zero-order valence-corrected chi connectivity index (χ0v) is 23.4. The molecular formula is C30H50O5S. The Morgan fingerprint density at radius 2 is 1.11 bits per heavy atom. The fourth-order valence-corrected chi connectivity index (χ4v) is 4.79. The molecule has 0 amide bonds. The van der Waals surface area contributed by atoms with Crippen LogP contribution in [0.3, 0.4) is 0 Å². The Labute approximate surface area is 220 Å². The molecule has 0 aromatic heterocycles. The van der Waals surface area contributed by atoms with E-state index in [1.807, 2.05) is 12.2 Å². The summed E-state index contributed by atoms with van der Waals surface area (Å²) in [6.45, 7) is 2.28. The molecule has 1 rings (SSSR count). The van der Waals surface area contributed by atoms with Crippen LogP contribution < -0.4 is 4.74 Å². The van der Waals surface area contributed by atoms with Gasteiger partial charge in [-0.05, 0) is 37.1 Å². The maximum Gasteiger partial charge on any atom is 0.315 e. The van der Waals surface area contributed by atoms with Crippen LogP contribution in [-0.2, 0) is 14.9 Å². The summed E-state index contributed by atoms with van der Waals surface area (Å²) in [5.41, 5.74) is 0. The number of esters is 1. The zero-order chi connectivity index (χ0) is 26.3. The lowest BCUT2D eigenvalue weighted by Gasteiger charge is -2.04. The summed E-state index contributed by atoms with van der Waals surface area (Å²) < 4.78 is 36.1. The molecule has 6 heteroatoms. The zero-order valence-electron chi connectivity index (χ0n) is 22.6. The highest BCUT2D eigenvalue weighted by molar-refractivity contribution is 7.85. The number of rotatable bonds is 23. The van der Waals surface area contributed by atoms with Crippen molar-refractivity contribution in [3.8, 4) is 5.75 Å². The molecule has 206 valence electrons. The van der Waals surface area contributed by atoms with Crippen molar-refractivity contribution in [3.63, 3.8) is 0 Å². The Morgan fingerprint density at radius 3 is 1.53 bits per heavy atom. The fourth-order valence-electron chi connectivity index (χ4n) is 4.31. The van der Waals surface area contributed by atoms with Crippen molar-refractivity contribution in [3.05, 3.63) is 36.4 Å². The Morgan fingerprint density at radius 1 is 0.694 bits per heavy atom. The maximum absolute atomic E-state index is 11.9. The van der Waals surface area contributed by atoms with Gasteiger partial charge in [0.2, 0.25) is 0 Å². The van der Waals surface area contributed by atoms with E-state index in [1.54, 1.807) is 0 Å². The molecule has 36 heavy (non-hydrogen) atoms. The summed E-state index contributed by atoms with van der Waals surface area (Å²) >= 11 is 0. The van der Waals surface area contributed by atoms with E-state index in [0.717, 1.165) is 12.8 Å². The number of benzene rings is 1. The Kier molecular flexibility index (Phi) is 19.3. The summed E-state index contributed by atoms with van der Waals surface area (Å²) in [6.07, 6.45) is 29.7. The van der Waals surface area contributed by atoms with Gasteiger partial charge in [0.15, 0.2) is 0 Å². The lowest BCUT2D eigenvalue weighted by atomic mass is 10.0. The third kappa shape index (κ3) is 18.6. The number of allylic oxidation sites excluding steroid dienone is 1. The number of unbranched alkanes of at least 4 members (excludes halogenated alkanes) is 18. The minimum Gasteiger partial charge on any atom is -0.426 e. The Hall–Kier alpha value is -1.66. The minimum absolute atomic E-state index is 0.180. The van der Waals surface area contributed by atoms with Crippen molar-refractivity contribution in [1.29, 1.82) is 0 Å². The minimum atomic E-state index is -4.24. The lowest BCUT2D eigenvalue weighted by molar-refractivity contribution is -0.133. The molecule has 0 aliphatic rings. The molecule has 5 nitrogen and oxygen atoms in total. The number of carbonyl (C=O) groups excluding carboxylic acids is 1. The molecule has 0 heterocycles.